The highest BCUT2D eigenvalue weighted by molar-refractivity contribution is 8.00. The van der Waals surface area contributed by atoms with Crippen LogP contribution in [0, 0.1) is 0 Å². The van der Waals surface area contributed by atoms with Crippen molar-refractivity contribution in [3.8, 4) is 0 Å². The van der Waals surface area contributed by atoms with Crippen LogP contribution in [0.5, 0.6) is 0 Å². The lowest BCUT2D eigenvalue weighted by Crippen LogP contribution is -2.10. The molecule has 2 aromatic rings. The number of benzene rings is 2. The van der Waals surface area contributed by atoms with E-state index < -0.39 is 0 Å². The number of carbonyl (C=O) groups is 1. The van der Waals surface area contributed by atoms with E-state index in [1.54, 1.807) is 11.8 Å². The molecule has 0 radical (unpaired) electrons. The molecular weight excluding hydrogens is 264 g/mol. The van der Waals surface area contributed by atoms with E-state index in [4.69, 9.17) is 0 Å². The molecule has 0 saturated heterocycles. The average Bonchev–Trinajstić information content (AvgIpc) is 2.53. The van der Waals surface area contributed by atoms with Gasteiger partial charge in [0.05, 0.1) is 5.25 Å². The van der Waals surface area contributed by atoms with Crippen LogP contribution in [0.15, 0.2) is 60.7 Å². The summed E-state index contributed by atoms with van der Waals surface area (Å²) < 4.78 is 0. The van der Waals surface area contributed by atoms with Gasteiger partial charge in [0.1, 0.15) is 0 Å². The van der Waals surface area contributed by atoms with E-state index in [2.05, 4.69) is 6.92 Å². The number of hydrogen-bond acceptors (Lipinski definition) is 2. The Labute approximate surface area is 125 Å². The van der Waals surface area contributed by atoms with E-state index in [0.717, 1.165) is 29.7 Å². The number of thioether (sulfide) groups is 1. The van der Waals surface area contributed by atoms with Gasteiger partial charge in [-0.25, -0.2) is 0 Å². The first-order chi connectivity index (χ1) is 9.83. The van der Waals surface area contributed by atoms with Crippen molar-refractivity contribution < 1.29 is 4.79 Å². The van der Waals surface area contributed by atoms with Crippen molar-refractivity contribution in [1.82, 2.24) is 0 Å². The van der Waals surface area contributed by atoms with Crippen molar-refractivity contribution >= 4 is 17.5 Å². The molecule has 104 valence electrons. The molecule has 0 aliphatic heterocycles. The predicted molar refractivity (Wildman–Crippen MR) is 87.3 cm³/mol. The van der Waals surface area contributed by atoms with Crippen molar-refractivity contribution in [2.45, 2.75) is 25.0 Å². The van der Waals surface area contributed by atoms with Crippen LogP contribution >= 0.6 is 11.8 Å². The SMILES string of the molecule is CCCCS[C@@H](C(=O)c1ccccc1)c1ccccc1. The van der Waals surface area contributed by atoms with E-state index in [1.165, 1.54) is 0 Å². The fourth-order valence-electron chi connectivity index (χ4n) is 2.05. The first kappa shape index (κ1) is 14.9. The Bertz CT molecular complexity index is 522. The van der Waals surface area contributed by atoms with Gasteiger partial charge in [-0.2, -0.15) is 0 Å². The van der Waals surface area contributed by atoms with Crippen molar-refractivity contribution in [3.05, 3.63) is 71.8 Å². The second-order valence-electron chi connectivity index (χ2n) is 4.75. The van der Waals surface area contributed by atoms with Crippen LogP contribution in [-0.4, -0.2) is 11.5 Å². The predicted octanol–water partition coefficient (Wildman–Crippen LogP) is 5.14. The van der Waals surface area contributed by atoms with Crippen LogP contribution in [0.2, 0.25) is 0 Å². The van der Waals surface area contributed by atoms with Crippen molar-refractivity contribution in [2.75, 3.05) is 5.75 Å². The van der Waals surface area contributed by atoms with Crippen molar-refractivity contribution in [2.24, 2.45) is 0 Å². The maximum absolute atomic E-state index is 12.7. The molecule has 0 bridgehead atoms. The van der Waals surface area contributed by atoms with E-state index in [-0.39, 0.29) is 11.0 Å². The summed E-state index contributed by atoms with van der Waals surface area (Å²) in [6.45, 7) is 2.18. The lowest BCUT2D eigenvalue weighted by Gasteiger charge is -2.16. The zero-order chi connectivity index (χ0) is 14.2. The first-order valence-electron chi connectivity index (χ1n) is 7.08. The van der Waals surface area contributed by atoms with E-state index in [9.17, 15) is 4.79 Å². The third-order valence-corrected chi connectivity index (χ3v) is 4.53. The highest BCUT2D eigenvalue weighted by Gasteiger charge is 2.21. The minimum absolute atomic E-state index is 0.0925. The molecule has 0 aliphatic rings. The van der Waals surface area contributed by atoms with Gasteiger partial charge in [-0.1, -0.05) is 74.0 Å². The summed E-state index contributed by atoms with van der Waals surface area (Å²) in [6, 6.07) is 19.7. The normalized spacial score (nSPS) is 12.1. The van der Waals surface area contributed by atoms with Gasteiger partial charge in [0, 0.05) is 5.56 Å². The Kier molecular flexibility index (Phi) is 5.87. The summed E-state index contributed by atoms with van der Waals surface area (Å²) in [5.41, 5.74) is 1.90. The molecule has 0 heterocycles. The molecule has 0 aliphatic carbocycles. The molecule has 20 heavy (non-hydrogen) atoms. The molecule has 2 heteroatoms. The molecular formula is C18H20OS. The van der Waals surface area contributed by atoms with E-state index in [0.29, 0.717) is 0 Å². The van der Waals surface area contributed by atoms with Gasteiger partial charge in [-0.15, -0.1) is 11.8 Å². The molecule has 2 rings (SSSR count). The van der Waals surface area contributed by atoms with Crippen LogP contribution in [0.3, 0.4) is 0 Å². The summed E-state index contributed by atoms with van der Waals surface area (Å²) in [5, 5.41) is -0.0925. The molecule has 0 spiro atoms. The summed E-state index contributed by atoms with van der Waals surface area (Å²) in [7, 11) is 0. The minimum Gasteiger partial charge on any atom is -0.293 e. The molecule has 0 amide bonds. The molecule has 0 saturated carbocycles. The number of hydrogen-bond donors (Lipinski definition) is 0. The van der Waals surface area contributed by atoms with Crippen LogP contribution in [0.1, 0.15) is 40.9 Å². The molecule has 1 nitrogen and oxygen atoms in total. The van der Waals surface area contributed by atoms with Gasteiger partial charge in [0.2, 0.25) is 0 Å². The topological polar surface area (TPSA) is 17.1 Å². The second-order valence-corrected chi connectivity index (χ2v) is 5.96. The highest BCUT2D eigenvalue weighted by Crippen LogP contribution is 2.32. The molecule has 2 aromatic carbocycles. The summed E-state index contributed by atoms with van der Waals surface area (Å²) in [4.78, 5) is 12.7. The summed E-state index contributed by atoms with van der Waals surface area (Å²) in [5.74, 6) is 1.23. The molecule has 0 fully saturated rings. The van der Waals surface area contributed by atoms with Gasteiger partial charge in [-0.3, -0.25) is 4.79 Å². The number of unbranched alkanes of at least 4 members (excludes halogenated alkanes) is 1. The largest absolute Gasteiger partial charge is 0.293 e. The highest BCUT2D eigenvalue weighted by atomic mass is 32.2. The average molecular weight is 284 g/mol. The van der Waals surface area contributed by atoms with Gasteiger partial charge in [-0.05, 0) is 17.7 Å². The number of rotatable bonds is 7. The van der Waals surface area contributed by atoms with E-state index >= 15 is 0 Å². The standard InChI is InChI=1S/C18H20OS/c1-2-3-14-20-18(16-12-8-5-9-13-16)17(19)15-10-6-4-7-11-15/h4-13,18H,2-3,14H2,1H3/t18-/m1/s1. The fourth-order valence-corrected chi connectivity index (χ4v) is 3.38. The fraction of sp³-hybridized carbons (Fsp3) is 0.278. The molecule has 0 unspecified atom stereocenters. The Hall–Kier alpha value is -1.54. The number of carbonyl (C=O) groups excluding carboxylic acids is 1. The second kappa shape index (κ2) is 7.91. The molecule has 0 aromatic heterocycles. The Morgan fingerprint density at radius 2 is 1.60 bits per heavy atom. The van der Waals surface area contributed by atoms with Gasteiger partial charge in [0.15, 0.2) is 5.78 Å². The third-order valence-electron chi connectivity index (χ3n) is 3.18. The Morgan fingerprint density at radius 3 is 2.20 bits per heavy atom. The van der Waals surface area contributed by atoms with Gasteiger partial charge in [0.25, 0.3) is 0 Å². The first-order valence-corrected chi connectivity index (χ1v) is 8.13. The Balaban J connectivity index is 2.20. The van der Waals surface area contributed by atoms with Crippen LogP contribution in [0.4, 0.5) is 0 Å². The smallest absolute Gasteiger partial charge is 0.180 e. The molecule has 1 atom stereocenters. The van der Waals surface area contributed by atoms with Gasteiger partial charge < -0.3 is 0 Å². The van der Waals surface area contributed by atoms with Crippen LogP contribution in [0.25, 0.3) is 0 Å². The van der Waals surface area contributed by atoms with E-state index in [1.807, 2.05) is 60.7 Å². The monoisotopic (exact) mass is 284 g/mol. The molecule has 0 N–H and O–H groups in total. The maximum Gasteiger partial charge on any atom is 0.180 e. The van der Waals surface area contributed by atoms with Gasteiger partial charge >= 0.3 is 0 Å². The number of ketones is 1. The van der Waals surface area contributed by atoms with Crippen molar-refractivity contribution in [3.63, 3.8) is 0 Å². The number of Topliss-reactive ketones (excluding diaryl/α,β-unsaturated/α-hetero) is 1. The lowest BCUT2D eigenvalue weighted by molar-refractivity contribution is 0.0989. The minimum atomic E-state index is -0.0925. The maximum atomic E-state index is 12.7. The van der Waals surface area contributed by atoms with Crippen LogP contribution in [-0.2, 0) is 0 Å². The van der Waals surface area contributed by atoms with Crippen LogP contribution < -0.4 is 0 Å². The third kappa shape index (κ3) is 3.97. The quantitative estimate of drug-likeness (QED) is 0.517. The lowest BCUT2D eigenvalue weighted by atomic mass is 10.0. The zero-order valence-electron chi connectivity index (χ0n) is 11.8. The Morgan fingerprint density at radius 1 is 1.00 bits per heavy atom. The summed E-state index contributed by atoms with van der Waals surface area (Å²) in [6.07, 6.45) is 2.31. The zero-order valence-corrected chi connectivity index (χ0v) is 12.6. The summed E-state index contributed by atoms with van der Waals surface area (Å²) >= 11 is 1.75. The van der Waals surface area contributed by atoms with Crippen molar-refractivity contribution in [1.29, 1.82) is 0 Å².